The number of allylic oxidation sites excluding steroid dienone is 1. The van der Waals surface area contributed by atoms with Gasteiger partial charge in [-0.05, 0) is 17.7 Å². The summed E-state index contributed by atoms with van der Waals surface area (Å²) in [5.41, 5.74) is 0.859. The van der Waals surface area contributed by atoms with Gasteiger partial charge in [-0.1, -0.05) is 34.1 Å². The van der Waals surface area contributed by atoms with Crippen molar-refractivity contribution >= 4 is 22.0 Å². The number of rotatable bonds is 5. The largest absolute Gasteiger partial charge is 0.493 e. The number of hydrogen-bond donors (Lipinski definition) is 0. The van der Waals surface area contributed by atoms with E-state index in [9.17, 15) is 8.78 Å². The summed E-state index contributed by atoms with van der Waals surface area (Å²) in [7, 11) is 1.41. The lowest BCUT2D eigenvalue weighted by Crippen LogP contribution is -2.03. The van der Waals surface area contributed by atoms with Crippen LogP contribution in [0, 0.1) is 0 Å². The number of hydrogen-bond acceptors (Lipinski definition) is 2. The first-order valence-electron chi connectivity index (χ1n) is 4.52. The van der Waals surface area contributed by atoms with Crippen molar-refractivity contribution in [2.45, 2.75) is 6.61 Å². The first kappa shape index (κ1) is 13.0. The normalized spacial score (nSPS) is 11.1. The van der Waals surface area contributed by atoms with Gasteiger partial charge in [0.1, 0.15) is 0 Å². The van der Waals surface area contributed by atoms with Gasteiger partial charge in [0.05, 0.1) is 7.11 Å². The summed E-state index contributed by atoms with van der Waals surface area (Å²) < 4.78 is 33.4. The zero-order valence-electron chi connectivity index (χ0n) is 8.62. The molecule has 2 nitrogen and oxygen atoms in total. The second-order valence-electron chi connectivity index (χ2n) is 2.85. The van der Waals surface area contributed by atoms with E-state index in [4.69, 9.17) is 4.74 Å². The Morgan fingerprint density at radius 2 is 2.12 bits per heavy atom. The highest BCUT2D eigenvalue weighted by molar-refractivity contribution is 9.09. The highest BCUT2D eigenvalue weighted by Crippen LogP contribution is 2.29. The molecule has 88 valence electrons. The Hall–Kier alpha value is -1.10. The Kier molecular flexibility index (Phi) is 5.25. The average molecular weight is 293 g/mol. The lowest BCUT2D eigenvalue weighted by molar-refractivity contribution is -0.0512. The van der Waals surface area contributed by atoms with Crippen LogP contribution in [0.1, 0.15) is 5.56 Å². The molecule has 0 spiro atoms. The molecule has 0 heterocycles. The van der Waals surface area contributed by atoms with Crippen molar-refractivity contribution in [3.63, 3.8) is 0 Å². The van der Waals surface area contributed by atoms with Crippen molar-refractivity contribution in [1.29, 1.82) is 0 Å². The van der Waals surface area contributed by atoms with E-state index < -0.39 is 6.61 Å². The molecule has 0 radical (unpaired) electrons. The molecule has 0 aromatic heterocycles. The summed E-state index contributed by atoms with van der Waals surface area (Å²) in [6.45, 7) is -2.85. The van der Waals surface area contributed by atoms with Gasteiger partial charge < -0.3 is 9.47 Å². The van der Waals surface area contributed by atoms with Crippen LogP contribution in [0.25, 0.3) is 6.08 Å². The fourth-order valence-electron chi connectivity index (χ4n) is 1.16. The van der Waals surface area contributed by atoms with Gasteiger partial charge in [0.25, 0.3) is 0 Å². The monoisotopic (exact) mass is 292 g/mol. The van der Waals surface area contributed by atoms with Crippen LogP contribution in [0.2, 0.25) is 0 Å². The number of ether oxygens (including phenoxy) is 2. The fourth-order valence-corrected chi connectivity index (χ4v) is 1.35. The molecule has 1 rings (SSSR count). The van der Waals surface area contributed by atoms with Gasteiger partial charge in [-0.2, -0.15) is 8.78 Å². The van der Waals surface area contributed by atoms with Crippen LogP contribution < -0.4 is 9.47 Å². The number of methoxy groups -OCH3 is 1. The molecule has 0 atom stereocenters. The highest BCUT2D eigenvalue weighted by atomic mass is 79.9. The molecule has 0 aliphatic rings. The average Bonchev–Trinajstić information content (AvgIpc) is 2.27. The quantitative estimate of drug-likeness (QED) is 0.771. The fraction of sp³-hybridized carbons (Fsp3) is 0.273. The van der Waals surface area contributed by atoms with E-state index in [-0.39, 0.29) is 11.5 Å². The van der Waals surface area contributed by atoms with Crippen molar-refractivity contribution in [3.8, 4) is 11.5 Å². The third kappa shape index (κ3) is 3.81. The van der Waals surface area contributed by atoms with Crippen LogP contribution in [0.5, 0.6) is 11.5 Å². The van der Waals surface area contributed by atoms with Crippen molar-refractivity contribution in [1.82, 2.24) is 0 Å². The van der Waals surface area contributed by atoms with Gasteiger partial charge in [-0.3, -0.25) is 0 Å². The van der Waals surface area contributed by atoms with Crippen LogP contribution >= 0.6 is 15.9 Å². The minimum absolute atomic E-state index is 0.0356. The van der Waals surface area contributed by atoms with E-state index in [1.54, 1.807) is 12.1 Å². The Morgan fingerprint density at radius 1 is 1.38 bits per heavy atom. The molecule has 0 unspecified atom stereocenters. The van der Waals surface area contributed by atoms with E-state index >= 15 is 0 Å². The van der Waals surface area contributed by atoms with Gasteiger partial charge in [0.2, 0.25) is 0 Å². The zero-order valence-corrected chi connectivity index (χ0v) is 10.2. The topological polar surface area (TPSA) is 18.5 Å². The van der Waals surface area contributed by atoms with E-state index in [1.165, 1.54) is 13.2 Å². The lowest BCUT2D eigenvalue weighted by atomic mass is 10.2. The van der Waals surface area contributed by atoms with E-state index in [0.717, 1.165) is 10.9 Å². The SMILES string of the molecule is COc1cc(C=CCBr)ccc1OC(F)F. The van der Waals surface area contributed by atoms with E-state index in [2.05, 4.69) is 20.7 Å². The number of halogens is 3. The highest BCUT2D eigenvalue weighted by Gasteiger charge is 2.09. The molecular formula is C11H11BrF2O2. The molecule has 0 amide bonds. The summed E-state index contributed by atoms with van der Waals surface area (Å²) in [5.74, 6) is 0.325. The maximum Gasteiger partial charge on any atom is 0.387 e. The zero-order chi connectivity index (χ0) is 12.0. The van der Waals surface area contributed by atoms with E-state index in [0.29, 0.717) is 0 Å². The van der Waals surface area contributed by atoms with Crippen molar-refractivity contribution < 1.29 is 18.3 Å². The van der Waals surface area contributed by atoms with Gasteiger partial charge in [0.15, 0.2) is 11.5 Å². The Labute approximate surface area is 101 Å². The second kappa shape index (κ2) is 6.48. The lowest BCUT2D eigenvalue weighted by Gasteiger charge is -2.10. The molecule has 1 aromatic rings. The van der Waals surface area contributed by atoms with Gasteiger partial charge in [-0.15, -0.1) is 0 Å². The van der Waals surface area contributed by atoms with Crippen LogP contribution in [-0.2, 0) is 0 Å². The molecule has 0 aliphatic carbocycles. The maximum atomic E-state index is 12.0. The van der Waals surface area contributed by atoms with Crippen molar-refractivity contribution in [3.05, 3.63) is 29.8 Å². The third-order valence-corrected chi connectivity index (χ3v) is 2.18. The summed E-state index contributed by atoms with van der Waals surface area (Å²) in [6, 6.07) is 4.77. The second-order valence-corrected chi connectivity index (χ2v) is 3.49. The van der Waals surface area contributed by atoms with Gasteiger partial charge >= 0.3 is 6.61 Å². The smallest absolute Gasteiger partial charge is 0.387 e. The molecule has 0 saturated carbocycles. The van der Waals surface area contributed by atoms with Crippen LogP contribution in [-0.4, -0.2) is 19.1 Å². The third-order valence-electron chi connectivity index (χ3n) is 1.80. The maximum absolute atomic E-state index is 12.0. The molecule has 0 N–H and O–H groups in total. The predicted molar refractivity (Wildman–Crippen MR) is 62.5 cm³/mol. The van der Waals surface area contributed by atoms with Gasteiger partial charge in [-0.25, -0.2) is 0 Å². The first-order valence-corrected chi connectivity index (χ1v) is 5.65. The van der Waals surface area contributed by atoms with Crippen LogP contribution in [0.4, 0.5) is 8.78 Å². The number of alkyl halides is 3. The molecular weight excluding hydrogens is 282 g/mol. The summed E-state index contributed by atoms with van der Waals surface area (Å²) >= 11 is 3.25. The van der Waals surface area contributed by atoms with E-state index in [1.807, 2.05) is 12.2 Å². The molecule has 5 heteroatoms. The standard InChI is InChI=1S/C11H11BrF2O2/c1-15-10-7-8(3-2-6-12)4-5-9(10)16-11(13)14/h2-5,7,11H,6H2,1H3. The number of benzene rings is 1. The molecule has 0 fully saturated rings. The summed E-state index contributed by atoms with van der Waals surface area (Å²) in [6.07, 6.45) is 3.74. The molecule has 16 heavy (non-hydrogen) atoms. The Balaban J connectivity index is 2.92. The first-order chi connectivity index (χ1) is 7.67. The Bertz CT molecular complexity index is 367. The van der Waals surface area contributed by atoms with Crippen LogP contribution in [0.3, 0.4) is 0 Å². The predicted octanol–water partition coefficient (Wildman–Crippen LogP) is 3.70. The summed E-state index contributed by atoms with van der Waals surface area (Å²) in [4.78, 5) is 0. The molecule has 0 bridgehead atoms. The molecule has 1 aromatic carbocycles. The van der Waals surface area contributed by atoms with Gasteiger partial charge in [0, 0.05) is 5.33 Å². The Morgan fingerprint density at radius 3 is 2.69 bits per heavy atom. The van der Waals surface area contributed by atoms with Crippen molar-refractivity contribution in [2.24, 2.45) is 0 Å². The summed E-state index contributed by atoms with van der Waals surface area (Å²) in [5, 5.41) is 0.727. The van der Waals surface area contributed by atoms with Crippen LogP contribution in [0.15, 0.2) is 24.3 Å². The molecule has 0 aliphatic heterocycles. The minimum atomic E-state index is -2.85. The minimum Gasteiger partial charge on any atom is -0.493 e. The molecule has 0 saturated heterocycles. The van der Waals surface area contributed by atoms with Crippen molar-refractivity contribution in [2.75, 3.05) is 12.4 Å².